The van der Waals surface area contributed by atoms with Crippen LogP contribution in [0.3, 0.4) is 0 Å². The largest absolute Gasteiger partial charge is 0.443 e. The predicted molar refractivity (Wildman–Crippen MR) is 144 cm³/mol. The summed E-state index contributed by atoms with van der Waals surface area (Å²) in [6.07, 6.45) is 2.42. The van der Waals surface area contributed by atoms with Gasteiger partial charge in [-0.1, -0.05) is 11.6 Å². The molecule has 3 heterocycles. The van der Waals surface area contributed by atoms with Crippen LogP contribution in [-0.2, 0) is 26.4 Å². The molecule has 200 valence electrons. The van der Waals surface area contributed by atoms with E-state index in [1.54, 1.807) is 55.2 Å². The summed E-state index contributed by atoms with van der Waals surface area (Å²) in [7, 11) is -2.05. The zero-order valence-electron chi connectivity index (χ0n) is 21.3. The Morgan fingerprint density at radius 1 is 1.19 bits per heavy atom. The molecule has 1 amide bonds. The molecule has 0 radical (unpaired) electrons. The number of nitrogens with zero attached hydrogens (tertiary/aromatic N) is 4. The molecule has 1 aliphatic heterocycles. The molecule has 0 bridgehead atoms. The van der Waals surface area contributed by atoms with Crippen LogP contribution in [0.5, 0.6) is 0 Å². The second kappa shape index (κ2) is 10.6. The van der Waals surface area contributed by atoms with Gasteiger partial charge >= 0.3 is 6.09 Å². The number of halogens is 1. The molecule has 1 aliphatic rings. The summed E-state index contributed by atoms with van der Waals surface area (Å²) in [5.74, 6) is -0.653. The molecule has 0 aliphatic carbocycles. The predicted octanol–water partition coefficient (Wildman–Crippen LogP) is 4.23. The molecule has 3 aromatic rings. The van der Waals surface area contributed by atoms with Gasteiger partial charge in [0.2, 0.25) is 5.91 Å². The fourth-order valence-corrected chi connectivity index (χ4v) is 6.61. The highest BCUT2D eigenvalue weighted by atomic mass is 35.5. The monoisotopic (exact) mass is 566 g/mol. The van der Waals surface area contributed by atoms with Crippen LogP contribution in [0.2, 0.25) is 5.02 Å². The average Bonchev–Trinajstić information content (AvgIpc) is 3.40. The molecule has 1 fully saturated rings. The van der Waals surface area contributed by atoms with Gasteiger partial charge in [0.25, 0.3) is 0 Å². The van der Waals surface area contributed by atoms with Crippen molar-refractivity contribution in [2.75, 3.05) is 18.8 Å². The number of thiazole rings is 1. The van der Waals surface area contributed by atoms with E-state index in [0.29, 0.717) is 29.0 Å². The van der Waals surface area contributed by atoms with Crippen molar-refractivity contribution in [3.63, 3.8) is 0 Å². The summed E-state index contributed by atoms with van der Waals surface area (Å²) in [6, 6.07) is 6.29. The number of likely N-dealkylation sites (tertiary alicyclic amines) is 1. The Hall–Kier alpha value is -2.63. The number of aryl methyl sites for hydroxylation is 1. The Kier molecular flexibility index (Phi) is 7.87. The third-order valence-electron chi connectivity index (χ3n) is 6.08. The van der Waals surface area contributed by atoms with Gasteiger partial charge < -0.3 is 14.2 Å². The normalized spacial score (nSPS) is 15.9. The third-order valence-corrected chi connectivity index (χ3v) is 8.86. The minimum absolute atomic E-state index is 0.133. The van der Waals surface area contributed by atoms with Crippen molar-refractivity contribution in [1.82, 2.24) is 14.0 Å². The molecule has 37 heavy (non-hydrogen) atoms. The first-order chi connectivity index (χ1) is 17.3. The molecule has 1 aromatic carbocycles. The van der Waals surface area contributed by atoms with Gasteiger partial charge in [-0.05, 0) is 57.9 Å². The van der Waals surface area contributed by atoms with Crippen LogP contribution in [0.4, 0.5) is 4.79 Å². The molecule has 0 N–H and O–H groups in total. The Morgan fingerprint density at radius 2 is 1.89 bits per heavy atom. The van der Waals surface area contributed by atoms with Crippen molar-refractivity contribution < 1.29 is 22.7 Å². The summed E-state index contributed by atoms with van der Waals surface area (Å²) < 4.78 is 35.2. The quantitative estimate of drug-likeness (QED) is 0.460. The second-order valence-corrected chi connectivity index (χ2v) is 13.5. The first kappa shape index (κ1) is 27.4. The fourth-order valence-electron chi connectivity index (χ4n) is 4.22. The lowest BCUT2D eigenvalue weighted by atomic mass is 10.1. The molecule has 0 unspecified atom stereocenters. The summed E-state index contributed by atoms with van der Waals surface area (Å²) >= 11 is 7.67. The number of benzene rings is 1. The Bertz CT molecular complexity index is 1490. The maximum atomic E-state index is 13.4. The van der Waals surface area contributed by atoms with Gasteiger partial charge in [-0.15, -0.1) is 11.3 Å². The number of ether oxygens (including phenoxy) is 1. The lowest BCUT2D eigenvalue weighted by Crippen LogP contribution is -2.40. The van der Waals surface area contributed by atoms with E-state index in [0.717, 1.165) is 22.2 Å². The molecular formula is C25H31ClN4O5S2. The number of carbonyl (C=O) groups excluding carboxylic acids is 2. The van der Waals surface area contributed by atoms with E-state index in [1.165, 1.54) is 6.07 Å². The van der Waals surface area contributed by atoms with E-state index in [-0.39, 0.29) is 23.4 Å². The van der Waals surface area contributed by atoms with Gasteiger partial charge in [0.05, 0.1) is 17.3 Å². The van der Waals surface area contributed by atoms with E-state index in [9.17, 15) is 18.0 Å². The van der Waals surface area contributed by atoms with Crippen molar-refractivity contribution >= 4 is 55.7 Å². The summed E-state index contributed by atoms with van der Waals surface area (Å²) in [4.78, 5) is 33.3. The van der Waals surface area contributed by atoms with Crippen LogP contribution < -0.4 is 4.80 Å². The smallest absolute Gasteiger partial charge is 0.420 e. The summed E-state index contributed by atoms with van der Waals surface area (Å²) in [5, 5.41) is 2.67. The number of hydrogen-bond acceptors (Lipinski definition) is 7. The number of hydrogen-bond donors (Lipinski definition) is 0. The first-order valence-corrected chi connectivity index (χ1v) is 14.9. The minimum atomic E-state index is -4.00. The average molecular weight is 567 g/mol. The molecule has 12 heteroatoms. The standard InChI is InChI=1S/C25H31ClN4O5S2/c1-25(2,3)35-24(32)30-20-6-5-18(26)15-17(20)16-22(30)37(33,34)14-9-21(31)29-10-7-19(8-11-29)27-23-28(4)12-13-36-23/h5-6,12-13,15-16,19H,7-11,14H2,1-4H3. The third kappa shape index (κ3) is 6.45. The van der Waals surface area contributed by atoms with Gasteiger partial charge in [-0.3, -0.25) is 9.79 Å². The van der Waals surface area contributed by atoms with Crippen LogP contribution in [0, 0.1) is 0 Å². The second-order valence-electron chi connectivity index (χ2n) is 10.1. The van der Waals surface area contributed by atoms with Crippen molar-refractivity contribution in [1.29, 1.82) is 0 Å². The van der Waals surface area contributed by atoms with E-state index >= 15 is 0 Å². The number of sulfone groups is 1. The maximum Gasteiger partial charge on any atom is 0.420 e. The number of piperidine rings is 1. The zero-order chi connectivity index (χ0) is 27.0. The van der Waals surface area contributed by atoms with Gasteiger partial charge in [-0.25, -0.2) is 17.8 Å². The molecule has 0 saturated carbocycles. The molecule has 0 spiro atoms. The van der Waals surface area contributed by atoms with E-state index in [1.807, 2.05) is 23.2 Å². The highest BCUT2D eigenvalue weighted by Gasteiger charge is 2.30. The van der Waals surface area contributed by atoms with Crippen LogP contribution in [0.15, 0.2) is 45.9 Å². The topological polar surface area (TPSA) is 103 Å². The van der Waals surface area contributed by atoms with Crippen LogP contribution >= 0.6 is 22.9 Å². The Morgan fingerprint density at radius 3 is 2.51 bits per heavy atom. The number of amides is 1. The number of carbonyl (C=O) groups is 2. The van der Waals surface area contributed by atoms with Crippen LogP contribution in [0.1, 0.15) is 40.0 Å². The molecule has 9 nitrogen and oxygen atoms in total. The van der Waals surface area contributed by atoms with Crippen LogP contribution in [-0.4, -0.2) is 64.9 Å². The molecule has 0 atom stereocenters. The molecular weight excluding hydrogens is 536 g/mol. The maximum absolute atomic E-state index is 13.4. The van der Waals surface area contributed by atoms with Gasteiger partial charge in [0.15, 0.2) is 14.6 Å². The van der Waals surface area contributed by atoms with Gasteiger partial charge in [0.1, 0.15) is 10.6 Å². The molecule has 1 saturated heterocycles. The molecule has 2 aromatic heterocycles. The van der Waals surface area contributed by atoms with E-state index < -0.39 is 27.3 Å². The van der Waals surface area contributed by atoms with Gasteiger partial charge in [0, 0.05) is 48.5 Å². The Labute approximate surface area is 225 Å². The summed E-state index contributed by atoms with van der Waals surface area (Å²) in [6.45, 7) is 6.17. The highest BCUT2D eigenvalue weighted by molar-refractivity contribution is 7.91. The highest BCUT2D eigenvalue weighted by Crippen LogP contribution is 2.28. The van der Waals surface area contributed by atoms with Crippen molar-refractivity contribution in [2.24, 2.45) is 12.0 Å². The summed E-state index contributed by atoms with van der Waals surface area (Å²) in [5.41, 5.74) is -0.454. The lowest BCUT2D eigenvalue weighted by Gasteiger charge is -2.30. The van der Waals surface area contributed by atoms with E-state index in [4.69, 9.17) is 21.3 Å². The van der Waals surface area contributed by atoms with Crippen LogP contribution in [0.25, 0.3) is 10.9 Å². The van der Waals surface area contributed by atoms with Crippen molar-refractivity contribution in [3.8, 4) is 0 Å². The lowest BCUT2D eigenvalue weighted by molar-refractivity contribution is -0.131. The zero-order valence-corrected chi connectivity index (χ0v) is 23.7. The number of aromatic nitrogens is 2. The van der Waals surface area contributed by atoms with E-state index in [2.05, 4.69) is 0 Å². The SMILES string of the molecule is Cn1ccsc1=NC1CCN(C(=O)CCS(=O)(=O)c2cc3cc(Cl)ccc3n2C(=O)OC(C)(C)C)CC1. The number of fused-ring (bicyclic) bond motifs is 1. The fraction of sp³-hybridized carbons (Fsp3) is 0.480. The molecule has 4 rings (SSSR count). The number of rotatable bonds is 5. The minimum Gasteiger partial charge on any atom is -0.443 e. The van der Waals surface area contributed by atoms with Crippen molar-refractivity contribution in [3.05, 3.63) is 45.7 Å². The van der Waals surface area contributed by atoms with Gasteiger partial charge in [-0.2, -0.15) is 0 Å². The Balaban J connectivity index is 1.48. The van der Waals surface area contributed by atoms with Crippen molar-refractivity contribution in [2.45, 2.75) is 56.7 Å². The first-order valence-electron chi connectivity index (χ1n) is 12.0.